The highest BCUT2D eigenvalue weighted by Crippen LogP contribution is 2.55. The van der Waals surface area contributed by atoms with Gasteiger partial charge in [0.25, 0.3) is 0 Å². The predicted molar refractivity (Wildman–Crippen MR) is 151 cm³/mol. The second kappa shape index (κ2) is 9.43. The fourth-order valence-electron chi connectivity index (χ4n) is 6.12. The van der Waals surface area contributed by atoms with Gasteiger partial charge in [-0.05, 0) is 47.9 Å². The van der Waals surface area contributed by atoms with Crippen molar-refractivity contribution in [2.75, 3.05) is 7.05 Å². The van der Waals surface area contributed by atoms with Crippen LogP contribution in [0, 0.1) is 10.8 Å². The van der Waals surface area contributed by atoms with E-state index in [4.69, 9.17) is 16.3 Å². The number of benzene rings is 2. The molecule has 2 aromatic carbocycles. The first kappa shape index (κ1) is 26.2. The first-order valence-electron chi connectivity index (χ1n) is 12.8. The molecule has 6 heteroatoms. The monoisotopic (exact) mass is 581 g/mol. The number of ether oxygens (including phenoxy) is 1. The Morgan fingerprint density at radius 1 is 0.919 bits per heavy atom. The number of carbonyl (C=O) groups is 2. The van der Waals surface area contributed by atoms with Gasteiger partial charge in [-0.2, -0.15) is 0 Å². The number of ketones is 2. The lowest BCUT2D eigenvalue weighted by Gasteiger charge is -2.48. The SMILES string of the molecule is CN1C2=C(C(=O)CC(C)(C)C2)C(c2cc(Br)ccc2OCc2ccccc2Cl)C2=C1CC(C)(C)CC2=O. The van der Waals surface area contributed by atoms with E-state index in [9.17, 15) is 9.59 Å². The molecule has 0 saturated heterocycles. The Balaban J connectivity index is 1.68. The standard InChI is InChI=1S/C31H33BrClNO3/c1-30(2)13-22-28(24(35)15-30)27(29-23(34(22)5)14-31(3,4)16-25(29)36)20-12-19(32)10-11-26(20)37-17-18-8-6-7-9-21(18)33/h6-12,27H,13-17H2,1-5H3. The Hall–Kier alpha value is -2.37. The second-order valence-electron chi connectivity index (χ2n) is 12.2. The van der Waals surface area contributed by atoms with E-state index in [2.05, 4.69) is 48.5 Å². The van der Waals surface area contributed by atoms with Gasteiger partial charge in [0.05, 0.1) is 0 Å². The molecule has 0 N–H and O–H groups in total. The van der Waals surface area contributed by atoms with Gasteiger partial charge in [-0.15, -0.1) is 0 Å². The van der Waals surface area contributed by atoms with Crippen LogP contribution in [0.15, 0.2) is 69.5 Å². The first-order chi connectivity index (χ1) is 17.4. The van der Waals surface area contributed by atoms with Crippen LogP contribution in [-0.4, -0.2) is 23.5 Å². The van der Waals surface area contributed by atoms with E-state index >= 15 is 0 Å². The molecule has 1 heterocycles. The highest BCUT2D eigenvalue weighted by atomic mass is 79.9. The summed E-state index contributed by atoms with van der Waals surface area (Å²) in [6, 6.07) is 13.5. The maximum absolute atomic E-state index is 13.8. The number of Topliss-reactive ketones (excluding diaryl/α,β-unsaturated/α-hetero) is 2. The van der Waals surface area contributed by atoms with E-state index in [-0.39, 0.29) is 22.4 Å². The average Bonchev–Trinajstić information content (AvgIpc) is 2.79. The van der Waals surface area contributed by atoms with E-state index in [1.165, 1.54) is 0 Å². The van der Waals surface area contributed by atoms with Gasteiger partial charge in [0.1, 0.15) is 12.4 Å². The molecule has 0 amide bonds. The van der Waals surface area contributed by atoms with Crippen molar-refractivity contribution in [1.82, 2.24) is 4.90 Å². The van der Waals surface area contributed by atoms with E-state index in [0.717, 1.165) is 51.0 Å². The summed E-state index contributed by atoms with van der Waals surface area (Å²) in [5.74, 6) is 0.437. The average molecular weight is 583 g/mol. The molecular formula is C31H33BrClNO3. The molecule has 3 aliphatic rings. The van der Waals surface area contributed by atoms with Gasteiger partial charge in [0, 0.05) is 69.0 Å². The minimum absolute atomic E-state index is 0.115. The van der Waals surface area contributed by atoms with Crippen molar-refractivity contribution in [2.45, 2.75) is 65.9 Å². The summed E-state index contributed by atoms with van der Waals surface area (Å²) in [6.07, 6.45) is 2.50. The van der Waals surface area contributed by atoms with Crippen LogP contribution in [0.2, 0.25) is 5.02 Å². The smallest absolute Gasteiger partial charge is 0.162 e. The lowest BCUT2D eigenvalue weighted by atomic mass is 9.63. The summed E-state index contributed by atoms with van der Waals surface area (Å²) >= 11 is 10.0. The summed E-state index contributed by atoms with van der Waals surface area (Å²) in [6.45, 7) is 8.88. The molecule has 0 unspecified atom stereocenters. The second-order valence-corrected chi connectivity index (χ2v) is 13.5. The summed E-state index contributed by atoms with van der Waals surface area (Å²) in [5.41, 5.74) is 5.01. The molecular weight excluding hydrogens is 550 g/mol. The zero-order valence-electron chi connectivity index (χ0n) is 22.1. The van der Waals surface area contributed by atoms with Crippen LogP contribution in [0.4, 0.5) is 0 Å². The molecule has 2 aliphatic carbocycles. The Labute approximate surface area is 232 Å². The minimum Gasteiger partial charge on any atom is -0.489 e. The van der Waals surface area contributed by atoms with Crippen LogP contribution >= 0.6 is 27.5 Å². The maximum Gasteiger partial charge on any atom is 0.162 e. The van der Waals surface area contributed by atoms with E-state index in [0.29, 0.717) is 30.2 Å². The van der Waals surface area contributed by atoms with E-state index < -0.39 is 5.92 Å². The van der Waals surface area contributed by atoms with E-state index in [1.54, 1.807) is 0 Å². The fourth-order valence-corrected chi connectivity index (χ4v) is 6.69. The van der Waals surface area contributed by atoms with Gasteiger partial charge in [-0.1, -0.05) is 73.4 Å². The molecule has 0 radical (unpaired) electrons. The number of allylic oxidation sites excluding steroid dienone is 4. The summed E-state index contributed by atoms with van der Waals surface area (Å²) in [7, 11) is 2.03. The molecule has 0 atom stereocenters. The van der Waals surface area contributed by atoms with Crippen molar-refractivity contribution in [3.63, 3.8) is 0 Å². The van der Waals surface area contributed by atoms with Crippen molar-refractivity contribution in [3.05, 3.63) is 85.6 Å². The first-order valence-corrected chi connectivity index (χ1v) is 14.0. The van der Waals surface area contributed by atoms with Gasteiger partial charge in [-0.25, -0.2) is 0 Å². The molecule has 5 rings (SSSR count). The van der Waals surface area contributed by atoms with Gasteiger partial charge in [-0.3, -0.25) is 9.59 Å². The molecule has 0 aromatic heterocycles. The van der Waals surface area contributed by atoms with Crippen LogP contribution in [0.5, 0.6) is 5.75 Å². The summed E-state index contributed by atoms with van der Waals surface area (Å²) in [5, 5.41) is 0.643. The van der Waals surface area contributed by atoms with Crippen molar-refractivity contribution in [2.24, 2.45) is 10.8 Å². The zero-order chi connectivity index (χ0) is 26.7. The normalized spacial score (nSPS) is 21.2. The van der Waals surface area contributed by atoms with E-state index in [1.807, 2.05) is 49.5 Å². The number of nitrogens with zero attached hydrogens (tertiary/aromatic N) is 1. The highest BCUT2D eigenvalue weighted by molar-refractivity contribution is 9.10. The largest absolute Gasteiger partial charge is 0.489 e. The third-order valence-electron chi connectivity index (χ3n) is 7.80. The molecule has 2 aromatic rings. The topological polar surface area (TPSA) is 46.6 Å². The minimum atomic E-state index is -0.452. The van der Waals surface area contributed by atoms with Crippen molar-refractivity contribution < 1.29 is 14.3 Å². The quantitative estimate of drug-likeness (QED) is 0.366. The van der Waals surface area contributed by atoms with Crippen LogP contribution in [0.3, 0.4) is 0 Å². The third kappa shape index (κ3) is 4.93. The Kier molecular flexibility index (Phi) is 6.69. The van der Waals surface area contributed by atoms with Gasteiger partial charge in [0.2, 0.25) is 0 Å². The van der Waals surface area contributed by atoms with Gasteiger partial charge >= 0.3 is 0 Å². The Morgan fingerprint density at radius 2 is 1.49 bits per heavy atom. The Bertz CT molecular complexity index is 1320. The summed E-state index contributed by atoms with van der Waals surface area (Å²) < 4.78 is 7.24. The maximum atomic E-state index is 13.8. The van der Waals surface area contributed by atoms with Crippen LogP contribution in [-0.2, 0) is 16.2 Å². The van der Waals surface area contributed by atoms with Gasteiger partial charge in [0.15, 0.2) is 11.6 Å². The zero-order valence-corrected chi connectivity index (χ0v) is 24.4. The molecule has 0 fully saturated rings. The van der Waals surface area contributed by atoms with Crippen molar-refractivity contribution >= 4 is 39.1 Å². The predicted octanol–water partition coefficient (Wildman–Crippen LogP) is 8.00. The molecule has 1 aliphatic heterocycles. The lowest BCUT2D eigenvalue weighted by molar-refractivity contribution is -0.119. The highest BCUT2D eigenvalue weighted by Gasteiger charge is 2.48. The molecule has 0 bridgehead atoms. The lowest BCUT2D eigenvalue weighted by Crippen LogP contribution is -2.43. The molecule has 194 valence electrons. The molecule has 0 spiro atoms. The number of hydrogen-bond donors (Lipinski definition) is 0. The number of halogens is 2. The van der Waals surface area contributed by atoms with Crippen molar-refractivity contribution in [3.8, 4) is 5.75 Å². The number of carbonyl (C=O) groups excluding carboxylic acids is 2. The van der Waals surface area contributed by atoms with Crippen LogP contribution in [0.25, 0.3) is 0 Å². The molecule has 4 nitrogen and oxygen atoms in total. The van der Waals surface area contributed by atoms with Gasteiger partial charge < -0.3 is 9.64 Å². The van der Waals surface area contributed by atoms with Crippen LogP contribution < -0.4 is 4.74 Å². The molecule has 0 saturated carbocycles. The number of rotatable bonds is 4. The third-order valence-corrected chi connectivity index (χ3v) is 8.67. The van der Waals surface area contributed by atoms with Crippen LogP contribution in [0.1, 0.15) is 70.4 Å². The number of hydrogen-bond acceptors (Lipinski definition) is 4. The summed E-state index contributed by atoms with van der Waals surface area (Å²) in [4.78, 5) is 29.8. The fraction of sp³-hybridized carbons (Fsp3) is 0.419. The van der Waals surface area contributed by atoms with Crippen molar-refractivity contribution in [1.29, 1.82) is 0 Å². The molecule has 37 heavy (non-hydrogen) atoms. The Morgan fingerprint density at radius 3 is 2.05 bits per heavy atom.